The molecule has 0 N–H and O–H groups in total. The standard InChI is InChI=1S/C32H31F2N5O2S.2C28H26F4N6O2S2/c1-37-14-12-28(20-37)42(2,41)39(26-9-10-26)27-6-3-22-15-30-21(19-36-38(30)25-7-4-23(33)5-8-25)17-32(22,18-27)31(40)29-16-24(34)11-13-35-29;2*1-16(42(3,40)26-34-15-37(2)36-26)17-4-5-19-10-22-18(13-35-38(22)21-8-6-20(29)7-9-21)12-27(19,11-17)24(39)25-33-14-23(41-25)28(30,31)32/h4-5,7-8,11-16,19-20,26-27H,2-3,6,9-10,17-18H2,1H3;2*6-10,13-17H,3-5,11-12H2,1-2H3/t27-,32-,42?;16-,17+,27-,42?;16-,17-,27+,42?/m010/s1. The number of alkyl halides is 6. The number of pyridine rings is 1. The number of Topliss-reactive ketones (excluding diaryl/α,β-unsaturated/α-hetero) is 3. The number of thiazole rings is 2. The Balaban J connectivity index is 0.000000133. The molecule has 0 saturated heterocycles. The summed E-state index contributed by atoms with van der Waals surface area (Å²) in [6.45, 7) is 3.60. The highest BCUT2D eigenvalue weighted by Gasteiger charge is 2.57. The van der Waals surface area contributed by atoms with E-state index in [4.69, 9.17) is 0 Å². The third-order valence-corrected chi connectivity index (χ3v) is 34.7. The molecule has 12 aromatic rings. The fraction of sp³-hybridized carbons (Fsp3) is 0.341. The Morgan fingerprint density at radius 3 is 1.24 bits per heavy atom. The van der Waals surface area contributed by atoms with Crippen molar-refractivity contribution in [2.75, 3.05) is 0 Å². The summed E-state index contributed by atoms with van der Waals surface area (Å²) in [5.41, 5.74) is 5.65. The summed E-state index contributed by atoms with van der Waals surface area (Å²) in [5.74, 6) is 8.80. The van der Waals surface area contributed by atoms with E-state index in [1.807, 2.05) is 48.3 Å². The van der Waals surface area contributed by atoms with E-state index in [-0.39, 0.29) is 98.9 Å². The zero-order valence-corrected chi connectivity index (χ0v) is 72.6. The molecule has 4 saturated carbocycles. The van der Waals surface area contributed by atoms with Crippen LogP contribution >= 0.6 is 22.7 Å². The predicted molar refractivity (Wildman–Crippen MR) is 458 cm³/mol. The highest BCUT2D eigenvalue weighted by atomic mass is 32.2. The monoisotopic (exact) mass is 1820 g/mol. The Kier molecular flexibility index (Phi) is 22.5. The first-order valence-electron chi connectivity index (χ1n) is 40.4. The number of aromatic nitrogens is 16. The number of allylic oxidation sites excluding steroid dienone is 3. The summed E-state index contributed by atoms with van der Waals surface area (Å²) >= 11 is 0.662. The maximum absolute atomic E-state index is 14.5. The number of aryl methyl sites for hydroxylation is 3. The number of hydrogen-bond donors (Lipinski definition) is 0. The van der Waals surface area contributed by atoms with Gasteiger partial charge in [-0.25, -0.2) is 60.1 Å². The number of hydrogen-bond acceptors (Lipinski definition) is 18. The summed E-state index contributed by atoms with van der Waals surface area (Å²) < 4.78 is 190. The van der Waals surface area contributed by atoms with Crippen molar-refractivity contribution in [3.8, 4) is 17.1 Å². The first kappa shape index (κ1) is 86.9. The van der Waals surface area contributed by atoms with Crippen LogP contribution in [-0.4, -0.2) is 153 Å². The molecular formula is C88H83F10N17O6S5. The van der Waals surface area contributed by atoms with Crippen LogP contribution in [0.3, 0.4) is 0 Å². The minimum absolute atomic E-state index is 0.0762. The molecule has 126 heavy (non-hydrogen) atoms. The van der Waals surface area contributed by atoms with Gasteiger partial charge in [0.15, 0.2) is 15.8 Å². The van der Waals surface area contributed by atoms with Crippen LogP contribution in [0.1, 0.15) is 158 Å². The molecule has 0 bridgehead atoms. The van der Waals surface area contributed by atoms with Gasteiger partial charge in [-0.2, -0.15) is 41.6 Å². The summed E-state index contributed by atoms with van der Waals surface area (Å²) in [7, 11) is -3.53. The molecule has 656 valence electrons. The van der Waals surface area contributed by atoms with Crippen molar-refractivity contribution < 1.29 is 70.9 Å². The quantitative estimate of drug-likeness (QED) is 0.0414. The SMILES string of the molecule is C=S(=O)(c1ccn(C)c1)N(C1CC1)[C@H]1CCC2=Cc3c(cnn3-c3ccc(F)cc3)C[C@]2(C(=O)c2cc(F)ccn2)C1.C=S(=O)(c1ncn(C)n1)[C@@H](C)[C@H]1CCC2=Cc3c(cnn3-c3ccc(F)cc3)C[C@]2(C(=O)c2ncc(C(F)(F)F)s2)C1.C=S(=O)(c1ncn(C)n1)[C@H](C)[C@H]1CCC2=Cc3c(cnn3-c3ccc(F)cc3)C[C@]2(C(=O)c2ncc(C(F)(F)F)s2)C1. The van der Waals surface area contributed by atoms with Crippen LogP contribution in [0, 0.1) is 51.3 Å². The predicted octanol–water partition coefficient (Wildman–Crippen LogP) is 16.2. The molecule has 23 nitrogen and oxygen atoms in total. The normalized spacial score (nSPS) is 22.7. The van der Waals surface area contributed by atoms with E-state index in [9.17, 15) is 70.9 Å². The smallest absolute Gasteiger partial charge is 0.356 e. The molecule has 0 aliphatic heterocycles. The topological polar surface area (TPSA) is 264 Å². The number of rotatable bonds is 19. The number of carbonyl (C=O) groups excluding carboxylic acids is 3. The second-order valence-electron chi connectivity index (χ2n) is 33.4. The lowest BCUT2D eigenvalue weighted by Gasteiger charge is -2.47. The summed E-state index contributed by atoms with van der Waals surface area (Å²) in [6, 6.07) is 22.0. The summed E-state index contributed by atoms with van der Waals surface area (Å²) in [4.78, 5) is 62.2. The van der Waals surface area contributed by atoms with Crippen molar-refractivity contribution in [1.82, 2.24) is 82.7 Å². The lowest BCUT2D eigenvalue weighted by Crippen LogP contribution is -2.51. The third-order valence-electron chi connectivity index (χ3n) is 25.5. The van der Waals surface area contributed by atoms with Crippen LogP contribution < -0.4 is 0 Å². The van der Waals surface area contributed by atoms with Gasteiger partial charge in [0.25, 0.3) is 0 Å². The molecule has 11 atom stereocenters. The maximum Gasteiger partial charge on any atom is 0.427 e. The highest BCUT2D eigenvalue weighted by molar-refractivity contribution is 8.01. The van der Waals surface area contributed by atoms with Gasteiger partial charge in [-0.3, -0.25) is 37.1 Å². The molecule has 7 aliphatic carbocycles. The van der Waals surface area contributed by atoms with Crippen molar-refractivity contribution in [2.24, 2.45) is 49.2 Å². The minimum Gasteiger partial charge on any atom is -0.356 e. The molecule has 3 unspecified atom stereocenters. The lowest BCUT2D eigenvalue weighted by atomic mass is 9.59. The molecule has 19 rings (SSSR count). The summed E-state index contributed by atoms with van der Waals surface area (Å²) in [5, 5.41) is 20.8. The average Bonchev–Trinajstić information content (AvgIpc) is 1.47. The molecular weight excluding hydrogens is 1740 g/mol. The van der Waals surface area contributed by atoms with E-state index >= 15 is 0 Å². The van der Waals surface area contributed by atoms with Gasteiger partial charge in [-0.05, 0) is 239 Å². The third kappa shape index (κ3) is 16.0. The minimum atomic E-state index is -4.62. The van der Waals surface area contributed by atoms with Crippen LogP contribution in [0.25, 0.3) is 35.3 Å². The average molecular weight is 1830 g/mol. The number of fused-ring (bicyclic) bond motifs is 6. The van der Waals surface area contributed by atoms with Crippen LogP contribution in [0.15, 0.2) is 185 Å². The highest BCUT2D eigenvalue weighted by Crippen LogP contribution is 2.58. The van der Waals surface area contributed by atoms with Gasteiger partial charge in [-0.1, -0.05) is 30.6 Å². The molecule has 9 heterocycles. The molecule has 9 aromatic heterocycles. The maximum atomic E-state index is 14.5. The van der Waals surface area contributed by atoms with Gasteiger partial charge in [-0.15, -0.1) is 32.9 Å². The number of nitrogens with zero attached hydrogens (tertiary/aromatic N) is 17. The second-order valence-corrected chi connectivity index (χ2v) is 42.8. The molecule has 4 fully saturated rings. The van der Waals surface area contributed by atoms with E-state index in [1.165, 1.54) is 76.7 Å². The van der Waals surface area contributed by atoms with Gasteiger partial charge >= 0.3 is 12.4 Å². The fourth-order valence-corrected chi connectivity index (χ4v) is 26.0. The molecule has 38 heteroatoms. The van der Waals surface area contributed by atoms with Crippen LogP contribution in [0.2, 0.25) is 0 Å². The van der Waals surface area contributed by atoms with Gasteiger partial charge in [0, 0.05) is 87.4 Å². The first-order chi connectivity index (χ1) is 59.7. The fourth-order valence-electron chi connectivity index (χ4n) is 18.8. The second kappa shape index (κ2) is 32.6. The van der Waals surface area contributed by atoms with E-state index in [1.54, 1.807) is 97.0 Å². The van der Waals surface area contributed by atoms with Crippen molar-refractivity contribution in [3.63, 3.8) is 0 Å². The number of halogens is 10. The van der Waals surface area contributed by atoms with Gasteiger partial charge in [0.1, 0.15) is 51.4 Å². The van der Waals surface area contributed by atoms with E-state index in [0.717, 1.165) is 63.3 Å². The van der Waals surface area contributed by atoms with Crippen molar-refractivity contribution in [2.45, 2.75) is 154 Å². The Hall–Kier alpha value is -11.2. The number of carbonyl (C=O) groups is 3. The number of ketones is 3. The van der Waals surface area contributed by atoms with E-state index in [0.29, 0.717) is 108 Å². The molecule has 7 aliphatic rings. The zero-order valence-electron chi connectivity index (χ0n) is 68.5. The zero-order chi connectivity index (χ0) is 89.3. The first-order valence-corrected chi connectivity index (χ1v) is 47.3. The van der Waals surface area contributed by atoms with Crippen LogP contribution in [0.5, 0.6) is 0 Å². The van der Waals surface area contributed by atoms with Crippen molar-refractivity contribution >= 4 is 105 Å². The van der Waals surface area contributed by atoms with Crippen molar-refractivity contribution in [1.29, 1.82) is 0 Å². The van der Waals surface area contributed by atoms with E-state index < -0.39 is 95.0 Å². The molecule has 3 aromatic carbocycles. The largest absolute Gasteiger partial charge is 0.427 e. The van der Waals surface area contributed by atoms with Crippen LogP contribution in [0.4, 0.5) is 43.9 Å². The number of benzene rings is 3. The van der Waals surface area contributed by atoms with Gasteiger partial charge in [0.2, 0.25) is 21.9 Å². The molecule has 0 spiro atoms. The Labute approximate surface area is 726 Å². The Morgan fingerprint density at radius 2 is 0.889 bits per heavy atom. The molecule has 0 radical (unpaired) electrons. The van der Waals surface area contributed by atoms with Gasteiger partial charge in [0.05, 0.1) is 96.0 Å². The lowest BCUT2D eigenvalue weighted by molar-refractivity contribution is -0.135. The van der Waals surface area contributed by atoms with E-state index in [2.05, 4.69) is 72.3 Å². The van der Waals surface area contributed by atoms with Crippen LogP contribution in [-0.2, 0) is 81.5 Å². The summed E-state index contributed by atoms with van der Waals surface area (Å²) in [6.07, 6.45) is 17.6. The molecule has 0 amide bonds. The Morgan fingerprint density at radius 1 is 0.492 bits per heavy atom. The van der Waals surface area contributed by atoms with Gasteiger partial charge < -0.3 is 4.57 Å². The Bertz CT molecular complexity index is 6490. The van der Waals surface area contributed by atoms with Crippen molar-refractivity contribution in [3.05, 3.63) is 252 Å².